The largest absolute Gasteiger partial charge is 0.380 e. The third kappa shape index (κ3) is 2.83. The van der Waals surface area contributed by atoms with E-state index in [0.717, 1.165) is 26.8 Å². The summed E-state index contributed by atoms with van der Waals surface area (Å²) in [6, 6.07) is 13.3. The number of benzene rings is 2. The lowest BCUT2D eigenvalue weighted by Gasteiger charge is -2.09. The average Bonchev–Trinajstić information content (AvgIpc) is 2.84. The quantitative estimate of drug-likeness (QED) is 0.683. The molecule has 0 saturated heterocycles. The maximum absolute atomic E-state index is 11.3. The fourth-order valence-corrected chi connectivity index (χ4v) is 2.62. The minimum Gasteiger partial charge on any atom is -0.380 e. The van der Waals surface area contributed by atoms with Gasteiger partial charge in [-0.2, -0.15) is 5.26 Å². The van der Waals surface area contributed by atoms with Gasteiger partial charge in [0.15, 0.2) is 0 Å². The number of hydrogen-bond donors (Lipinski definition) is 3. The van der Waals surface area contributed by atoms with E-state index in [0.29, 0.717) is 12.1 Å². The summed E-state index contributed by atoms with van der Waals surface area (Å²) in [5, 5.41) is 12.2. The van der Waals surface area contributed by atoms with Crippen molar-refractivity contribution in [1.29, 1.82) is 5.26 Å². The molecule has 0 amide bonds. The summed E-state index contributed by atoms with van der Waals surface area (Å²) in [6.45, 7) is 0.592. The first-order valence-corrected chi connectivity index (χ1v) is 7.09. The Bertz CT molecular complexity index is 904. The van der Waals surface area contributed by atoms with Crippen LogP contribution in [0, 0.1) is 11.3 Å². The van der Waals surface area contributed by atoms with Crippen LogP contribution in [0.4, 0.5) is 5.69 Å². The van der Waals surface area contributed by atoms with Gasteiger partial charge in [-0.15, -0.1) is 0 Å². The van der Waals surface area contributed by atoms with E-state index in [1.165, 1.54) is 0 Å². The number of aromatic amines is 2. The molecular weight excluding hydrogens is 332 g/mol. The first-order valence-electron chi connectivity index (χ1n) is 6.30. The van der Waals surface area contributed by atoms with Crippen LogP contribution in [0.2, 0.25) is 0 Å². The van der Waals surface area contributed by atoms with Crippen molar-refractivity contribution in [2.75, 3.05) is 5.32 Å². The van der Waals surface area contributed by atoms with Gasteiger partial charge in [-0.1, -0.05) is 12.1 Å². The number of anilines is 1. The number of halogens is 1. The Balaban J connectivity index is 1.86. The number of nitrogens with zero attached hydrogens (tertiary/aromatic N) is 1. The summed E-state index contributed by atoms with van der Waals surface area (Å²) in [7, 11) is 0. The van der Waals surface area contributed by atoms with Crippen LogP contribution in [-0.2, 0) is 6.54 Å². The molecule has 3 aromatic rings. The number of nitrogens with one attached hydrogen (secondary N) is 3. The van der Waals surface area contributed by atoms with Crippen molar-refractivity contribution in [3.8, 4) is 6.07 Å². The van der Waals surface area contributed by atoms with Crippen molar-refractivity contribution < 1.29 is 0 Å². The van der Waals surface area contributed by atoms with Crippen LogP contribution in [-0.4, -0.2) is 9.97 Å². The first-order chi connectivity index (χ1) is 10.2. The smallest absolute Gasteiger partial charge is 0.323 e. The Kier molecular flexibility index (Phi) is 3.50. The van der Waals surface area contributed by atoms with Crippen molar-refractivity contribution in [1.82, 2.24) is 9.97 Å². The molecule has 0 aliphatic heterocycles. The second kappa shape index (κ2) is 5.46. The maximum atomic E-state index is 11.3. The number of nitriles is 1. The zero-order valence-corrected chi connectivity index (χ0v) is 12.5. The maximum Gasteiger partial charge on any atom is 0.323 e. The average molecular weight is 343 g/mol. The SMILES string of the molecule is N#Cc1cccc(CNc2cc3[nH]c(=O)[nH]c3cc2Br)c1. The topological polar surface area (TPSA) is 84.5 Å². The van der Waals surface area contributed by atoms with E-state index in [2.05, 4.69) is 37.3 Å². The van der Waals surface area contributed by atoms with Gasteiger partial charge >= 0.3 is 5.69 Å². The van der Waals surface area contributed by atoms with Crippen LogP contribution in [0.5, 0.6) is 0 Å². The van der Waals surface area contributed by atoms with Gasteiger partial charge in [-0.25, -0.2) is 4.79 Å². The van der Waals surface area contributed by atoms with E-state index < -0.39 is 0 Å². The van der Waals surface area contributed by atoms with E-state index in [-0.39, 0.29) is 5.69 Å². The molecule has 3 N–H and O–H groups in total. The molecule has 0 aliphatic rings. The number of rotatable bonds is 3. The second-order valence-corrected chi connectivity index (χ2v) is 5.48. The highest BCUT2D eigenvalue weighted by Gasteiger charge is 2.05. The number of fused-ring (bicyclic) bond motifs is 1. The van der Waals surface area contributed by atoms with Crippen LogP contribution in [0.1, 0.15) is 11.1 Å². The number of imidazole rings is 1. The standard InChI is InChI=1S/C15H11BrN4O/c16-11-5-13-14(20-15(21)19-13)6-12(11)18-8-10-3-1-2-9(4-10)7-17/h1-6,18H,8H2,(H2,19,20,21). The fourth-order valence-electron chi connectivity index (χ4n) is 2.14. The van der Waals surface area contributed by atoms with Crippen LogP contribution in [0.3, 0.4) is 0 Å². The first kappa shape index (κ1) is 13.5. The van der Waals surface area contributed by atoms with Crippen molar-refractivity contribution in [2.45, 2.75) is 6.54 Å². The third-order valence-corrected chi connectivity index (χ3v) is 3.80. The van der Waals surface area contributed by atoms with E-state index in [4.69, 9.17) is 5.26 Å². The highest BCUT2D eigenvalue weighted by Crippen LogP contribution is 2.26. The molecular formula is C15H11BrN4O. The van der Waals surface area contributed by atoms with Gasteiger partial charge in [0, 0.05) is 11.0 Å². The molecule has 0 radical (unpaired) electrons. The molecule has 2 aromatic carbocycles. The molecule has 5 nitrogen and oxygen atoms in total. The molecule has 1 heterocycles. The van der Waals surface area contributed by atoms with Crippen molar-refractivity contribution >= 4 is 32.7 Å². The normalized spacial score (nSPS) is 10.5. The molecule has 0 bridgehead atoms. The van der Waals surface area contributed by atoms with Gasteiger partial charge < -0.3 is 15.3 Å². The minimum atomic E-state index is -0.226. The molecule has 6 heteroatoms. The minimum absolute atomic E-state index is 0.226. The zero-order valence-electron chi connectivity index (χ0n) is 10.9. The number of H-pyrrole nitrogens is 2. The number of hydrogen-bond acceptors (Lipinski definition) is 3. The van der Waals surface area contributed by atoms with Gasteiger partial charge in [0.2, 0.25) is 0 Å². The summed E-state index contributed by atoms with van der Waals surface area (Å²) >= 11 is 3.48. The summed E-state index contributed by atoms with van der Waals surface area (Å²) < 4.78 is 0.863. The van der Waals surface area contributed by atoms with E-state index >= 15 is 0 Å². The summed E-state index contributed by atoms with van der Waals surface area (Å²) in [4.78, 5) is 16.7. The van der Waals surface area contributed by atoms with Crippen LogP contribution < -0.4 is 11.0 Å². The van der Waals surface area contributed by atoms with Gasteiger partial charge in [0.05, 0.1) is 28.4 Å². The molecule has 21 heavy (non-hydrogen) atoms. The van der Waals surface area contributed by atoms with Gasteiger partial charge in [0.25, 0.3) is 0 Å². The lowest BCUT2D eigenvalue weighted by molar-refractivity contribution is 1.14. The fraction of sp³-hybridized carbons (Fsp3) is 0.0667. The van der Waals surface area contributed by atoms with E-state index in [1.807, 2.05) is 30.3 Å². The van der Waals surface area contributed by atoms with Crippen LogP contribution in [0.15, 0.2) is 45.7 Å². The molecule has 0 unspecified atom stereocenters. The predicted octanol–water partition coefficient (Wildman–Crippen LogP) is 3.10. The third-order valence-electron chi connectivity index (χ3n) is 3.14. The highest BCUT2D eigenvalue weighted by molar-refractivity contribution is 9.10. The lowest BCUT2D eigenvalue weighted by Crippen LogP contribution is -2.00. The van der Waals surface area contributed by atoms with Gasteiger partial charge in [-0.05, 0) is 45.8 Å². The van der Waals surface area contributed by atoms with Gasteiger partial charge in [-0.3, -0.25) is 0 Å². The monoisotopic (exact) mass is 342 g/mol. The van der Waals surface area contributed by atoms with Crippen molar-refractivity contribution in [3.63, 3.8) is 0 Å². The molecule has 0 spiro atoms. The molecule has 0 fully saturated rings. The molecule has 1 aromatic heterocycles. The van der Waals surface area contributed by atoms with Gasteiger partial charge in [0.1, 0.15) is 0 Å². The van der Waals surface area contributed by atoms with Crippen LogP contribution >= 0.6 is 15.9 Å². The molecule has 104 valence electrons. The lowest BCUT2D eigenvalue weighted by atomic mass is 10.1. The van der Waals surface area contributed by atoms with E-state index in [1.54, 1.807) is 6.07 Å². The summed E-state index contributed by atoms with van der Waals surface area (Å²) in [5.41, 5.74) is 3.80. The number of aromatic nitrogens is 2. The second-order valence-electron chi connectivity index (χ2n) is 4.62. The Morgan fingerprint density at radius 3 is 2.71 bits per heavy atom. The summed E-state index contributed by atoms with van der Waals surface area (Å²) in [5.74, 6) is 0. The van der Waals surface area contributed by atoms with E-state index in [9.17, 15) is 4.79 Å². The van der Waals surface area contributed by atoms with Crippen LogP contribution in [0.25, 0.3) is 11.0 Å². The van der Waals surface area contributed by atoms with Crippen molar-refractivity contribution in [2.24, 2.45) is 0 Å². The molecule has 0 aliphatic carbocycles. The van der Waals surface area contributed by atoms with Crippen molar-refractivity contribution in [3.05, 3.63) is 62.5 Å². The summed E-state index contributed by atoms with van der Waals surface area (Å²) in [6.07, 6.45) is 0. The molecule has 0 saturated carbocycles. The highest BCUT2D eigenvalue weighted by atomic mass is 79.9. The molecule has 0 atom stereocenters. The molecule has 3 rings (SSSR count). The Hall–Kier alpha value is -2.52. The predicted molar refractivity (Wildman–Crippen MR) is 85.1 cm³/mol. The Morgan fingerprint density at radius 2 is 1.95 bits per heavy atom. The Labute approximate surface area is 128 Å². The zero-order chi connectivity index (χ0) is 14.8. The Morgan fingerprint density at radius 1 is 1.19 bits per heavy atom.